The number of anilines is 2. The van der Waals surface area contributed by atoms with Gasteiger partial charge in [0.2, 0.25) is 0 Å². The van der Waals surface area contributed by atoms with Crippen LogP contribution in [0.1, 0.15) is 75.6 Å². The van der Waals surface area contributed by atoms with Crippen LogP contribution in [0.25, 0.3) is 33.6 Å². The zero-order valence-corrected chi connectivity index (χ0v) is 26.4. The van der Waals surface area contributed by atoms with Crippen molar-refractivity contribution < 1.29 is 0 Å². The van der Waals surface area contributed by atoms with E-state index in [0.717, 1.165) is 74.1 Å². The Morgan fingerprint density at radius 2 is 0.953 bits per heavy atom. The molecule has 0 fully saturated rings. The summed E-state index contributed by atoms with van der Waals surface area (Å²) in [5.41, 5.74) is 14.8. The molecule has 5 aromatic rings. The molecule has 4 aromatic carbocycles. The van der Waals surface area contributed by atoms with Crippen molar-refractivity contribution in [3.63, 3.8) is 0 Å². The van der Waals surface area contributed by atoms with Crippen LogP contribution in [0.2, 0.25) is 0 Å². The average molecular weight is 567 g/mol. The number of pyridine rings is 1. The predicted octanol–water partition coefficient (Wildman–Crippen LogP) is 11.6. The minimum Gasteiger partial charge on any atom is -0.356 e. The zero-order chi connectivity index (χ0) is 30.0. The molecule has 5 rings (SSSR count). The van der Waals surface area contributed by atoms with Gasteiger partial charge in [-0.15, -0.1) is 0 Å². The second kappa shape index (κ2) is 14.8. The second-order valence-electron chi connectivity index (χ2n) is 11.7. The Balaban J connectivity index is 1.62. The molecule has 1 heterocycles. The van der Waals surface area contributed by atoms with Gasteiger partial charge in [-0.2, -0.15) is 0 Å². The van der Waals surface area contributed by atoms with Crippen molar-refractivity contribution in [3.8, 4) is 33.6 Å². The summed E-state index contributed by atoms with van der Waals surface area (Å²) in [6.07, 6.45) is 8.89. The van der Waals surface area contributed by atoms with Crippen molar-refractivity contribution in [2.24, 2.45) is 0 Å². The molecule has 0 aliphatic carbocycles. The first-order chi connectivity index (χ1) is 21.1. The second-order valence-corrected chi connectivity index (χ2v) is 11.7. The number of aryl methyl sites for hydroxylation is 4. The van der Waals surface area contributed by atoms with Gasteiger partial charge in [-0.25, -0.2) is 4.98 Å². The number of benzene rings is 4. The van der Waals surface area contributed by atoms with Crippen LogP contribution in [0.5, 0.6) is 0 Å². The lowest BCUT2D eigenvalue weighted by Gasteiger charge is -2.17. The largest absolute Gasteiger partial charge is 0.356 e. The van der Waals surface area contributed by atoms with E-state index in [1.54, 1.807) is 0 Å². The number of nitrogens with zero attached hydrogens (tertiary/aromatic N) is 1. The molecule has 0 atom stereocenters. The summed E-state index contributed by atoms with van der Waals surface area (Å²) in [5, 5.41) is 3.52. The standard InChI is InChI=1S/C41H46N2/c1-5-12-30-18-24-38(33(26-30)14-7-3)40-28-35(32-20-22-37(23-21-32)42-36-16-10-9-11-17-36)29-41(43-40)39-25-19-31(13-6-2)27-34(39)15-8-4/h9-11,16-29,42H,5-8,12-15H2,1-4H3. The minimum atomic E-state index is 1.06. The first kappa shape index (κ1) is 30.3. The SMILES string of the molecule is CCCc1ccc(-c2cc(-c3ccc(Nc4ccccc4)cc3)cc(-c3ccc(CCC)cc3CCC)n2)c(CCC)c1. The van der Waals surface area contributed by atoms with E-state index in [2.05, 4.69) is 130 Å². The highest BCUT2D eigenvalue weighted by atomic mass is 14.9. The molecule has 0 radical (unpaired) electrons. The van der Waals surface area contributed by atoms with Crippen molar-refractivity contribution in [1.29, 1.82) is 0 Å². The third-order valence-electron chi connectivity index (χ3n) is 8.11. The summed E-state index contributed by atoms with van der Waals surface area (Å²) in [6.45, 7) is 9.05. The van der Waals surface area contributed by atoms with E-state index in [0.29, 0.717) is 0 Å². The molecule has 0 amide bonds. The number of rotatable bonds is 13. The predicted molar refractivity (Wildman–Crippen MR) is 186 cm³/mol. The van der Waals surface area contributed by atoms with Gasteiger partial charge in [-0.3, -0.25) is 0 Å². The van der Waals surface area contributed by atoms with Gasteiger partial charge in [0.1, 0.15) is 0 Å². The molecule has 0 aliphatic heterocycles. The molecule has 0 bridgehead atoms. The number of hydrogen-bond donors (Lipinski definition) is 1. The summed E-state index contributed by atoms with van der Waals surface area (Å²) in [6, 6.07) is 37.8. The molecule has 0 saturated carbocycles. The van der Waals surface area contributed by atoms with E-state index >= 15 is 0 Å². The van der Waals surface area contributed by atoms with Gasteiger partial charge in [-0.05, 0) is 95.5 Å². The zero-order valence-electron chi connectivity index (χ0n) is 26.4. The molecule has 0 aliphatic rings. The third kappa shape index (κ3) is 7.62. The van der Waals surface area contributed by atoms with Crippen LogP contribution >= 0.6 is 0 Å². The van der Waals surface area contributed by atoms with Crippen LogP contribution in [0.15, 0.2) is 103 Å². The van der Waals surface area contributed by atoms with Crippen molar-refractivity contribution in [1.82, 2.24) is 4.98 Å². The van der Waals surface area contributed by atoms with Crippen LogP contribution in [0.4, 0.5) is 11.4 Å². The quantitative estimate of drug-likeness (QED) is 0.153. The molecular formula is C41H46N2. The maximum absolute atomic E-state index is 5.40. The van der Waals surface area contributed by atoms with E-state index in [4.69, 9.17) is 4.98 Å². The molecule has 220 valence electrons. The molecule has 43 heavy (non-hydrogen) atoms. The van der Waals surface area contributed by atoms with Gasteiger partial charge in [0, 0.05) is 22.5 Å². The number of nitrogens with one attached hydrogen (secondary N) is 1. The van der Waals surface area contributed by atoms with Gasteiger partial charge >= 0.3 is 0 Å². The van der Waals surface area contributed by atoms with Crippen LogP contribution in [-0.2, 0) is 25.7 Å². The lowest BCUT2D eigenvalue weighted by molar-refractivity contribution is 0.895. The molecule has 1 aromatic heterocycles. The van der Waals surface area contributed by atoms with Crippen molar-refractivity contribution in [3.05, 3.63) is 125 Å². The monoisotopic (exact) mass is 566 g/mol. The first-order valence-electron chi connectivity index (χ1n) is 16.3. The van der Waals surface area contributed by atoms with E-state index in [9.17, 15) is 0 Å². The van der Waals surface area contributed by atoms with Crippen molar-refractivity contribution >= 4 is 11.4 Å². The van der Waals surface area contributed by atoms with E-state index < -0.39 is 0 Å². The summed E-state index contributed by atoms with van der Waals surface area (Å²) in [5.74, 6) is 0. The van der Waals surface area contributed by atoms with Crippen molar-refractivity contribution in [2.45, 2.75) is 79.1 Å². The topological polar surface area (TPSA) is 24.9 Å². The normalized spacial score (nSPS) is 11.1. The average Bonchev–Trinajstić information content (AvgIpc) is 3.03. The molecule has 2 nitrogen and oxygen atoms in total. The Kier molecular flexibility index (Phi) is 10.4. The molecular weight excluding hydrogens is 520 g/mol. The third-order valence-corrected chi connectivity index (χ3v) is 8.11. The highest BCUT2D eigenvalue weighted by molar-refractivity contribution is 5.79. The molecule has 2 heteroatoms. The Bertz CT molecular complexity index is 1540. The Morgan fingerprint density at radius 1 is 0.465 bits per heavy atom. The van der Waals surface area contributed by atoms with Gasteiger partial charge in [0.05, 0.1) is 11.4 Å². The first-order valence-corrected chi connectivity index (χ1v) is 16.3. The lowest BCUT2D eigenvalue weighted by Crippen LogP contribution is -1.99. The summed E-state index contributed by atoms with van der Waals surface area (Å²) in [4.78, 5) is 5.40. The highest BCUT2D eigenvalue weighted by Crippen LogP contribution is 2.35. The maximum Gasteiger partial charge on any atom is 0.0718 e. The van der Waals surface area contributed by atoms with Gasteiger partial charge < -0.3 is 5.32 Å². The fourth-order valence-corrected chi connectivity index (χ4v) is 6.04. The van der Waals surface area contributed by atoms with Crippen LogP contribution in [0.3, 0.4) is 0 Å². The molecule has 1 N–H and O–H groups in total. The van der Waals surface area contributed by atoms with Crippen LogP contribution in [-0.4, -0.2) is 4.98 Å². The lowest BCUT2D eigenvalue weighted by atomic mass is 9.92. The Hall–Kier alpha value is -4.17. The fraction of sp³-hybridized carbons (Fsp3) is 0.293. The Labute approximate surface area is 259 Å². The minimum absolute atomic E-state index is 1.06. The smallest absolute Gasteiger partial charge is 0.0718 e. The Morgan fingerprint density at radius 3 is 1.44 bits per heavy atom. The van der Waals surface area contributed by atoms with Crippen LogP contribution in [0, 0.1) is 0 Å². The maximum atomic E-state index is 5.40. The summed E-state index contributed by atoms with van der Waals surface area (Å²) in [7, 11) is 0. The molecule has 0 saturated heterocycles. The molecule has 0 unspecified atom stereocenters. The number of hydrogen-bond acceptors (Lipinski definition) is 2. The summed E-state index contributed by atoms with van der Waals surface area (Å²) < 4.78 is 0. The molecule has 0 spiro atoms. The van der Waals surface area contributed by atoms with Gasteiger partial charge in [0.25, 0.3) is 0 Å². The number of para-hydroxylation sites is 1. The van der Waals surface area contributed by atoms with E-state index in [1.807, 2.05) is 6.07 Å². The van der Waals surface area contributed by atoms with Crippen molar-refractivity contribution in [2.75, 3.05) is 5.32 Å². The summed E-state index contributed by atoms with van der Waals surface area (Å²) >= 11 is 0. The van der Waals surface area contributed by atoms with E-state index in [-0.39, 0.29) is 0 Å². The number of aromatic nitrogens is 1. The van der Waals surface area contributed by atoms with E-state index in [1.165, 1.54) is 44.5 Å². The van der Waals surface area contributed by atoms with Crippen LogP contribution < -0.4 is 5.32 Å². The fourth-order valence-electron chi connectivity index (χ4n) is 6.04. The van der Waals surface area contributed by atoms with Gasteiger partial charge in [-0.1, -0.05) is 120 Å². The highest BCUT2D eigenvalue weighted by Gasteiger charge is 2.15. The van der Waals surface area contributed by atoms with Gasteiger partial charge in [0.15, 0.2) is 0 Å².